The summed E-state index contributed by atoms with van der Waals surface area (Å²) in [5, 5.41) is 2.72. The third-order valence-corrected chi connectivity index (χ3v) is 6.78. The molecule has 7 heteroatoms. The molecule has 3 rings (SSSR count). The minimum atomic E-state index is -0.481. The van der Waals surface area contributed by atoms with Gasteiger partial charge in [-0.3, -0.25) is 15.0 Å². The van der Waals surface area contributed by atoms with Crippen LogP contribution in [0.1, 0.15) is 61.1 Å². The standard InChI is InChI=1S/C28H40N4O3/c1-5-8-17-30-18-20-32(21-19-30)26(23-13-15-25(16-14-23)29-28(34)35-4)22-9-11-24(12-10-22)27(33)31(6-2)7-3/h9-16,26H,5-8,17-21H2,1-4H3,(H,29,34)/t26-/m0/s1. The Balaban J connectivity index is 1.84. The first-order valence-corrected chi connectivity index (χ1v) is 12.8. The molecule has 0 aromatic heterocycles. The zero-order valence-electron chi connectivity index (χ0n) is 21.6. The number of amides is 2. The molecule has 1 aliphatic heterocycles. The Hall–Kier alpha value is -2.90. The van der Waals surface area contributed by atoms with Crippen LogP contribution in [0.15, 0.2) is 48.5 Å². The van der Waals surface area contributed by atoms with Crippen LogP contribution in [0.4, 0.5) is 10.5 Å². The van der Waals surface area contributed by atoms with Crippen LogP contribution < -0.4 is 5.32 Å². The van der Waals surface area contributed by atoms with Gasteiger partial charge in [0.1, 0.15) is 0 Å². The Morgan fingerprint density at radius 3 is 2.00 bits per heavy atom. The molecule has 1 fully saturated rings. The van der Waals surface area contributed by atoms with Crippen LogP contribution in [-0.2, 0) is 4.74 Å². The molecule has 1 N–H and O–H groups in total. The van der Waals surface area contributed by atoms with Gasteiger partial charge in [-0.05, 0) is 62.2 Å². The van der Waals surface area contributed by atoms with Crippen LogP contribution in [0, 0.1) is 0 Å². The lowest BCUT2D eigenvalue weighted by atomic mass is 9.95. The second kappa shape index (κ2) is 13.3. The van der Waals surface area contributed by atoms with E-state index < -0.39 is 6.09 Å². The first-order chi connectivity index (χ1) is 17.0. The van der Waals surface area contributed by atoms with Crippen molar-refractivity contribution in [3.05, 3.63) is 65.2 Å². The summed E-state index contributed by atoms with van der Waals surface area (Å²) < 4.78 is 4.70. The van der Waals surface area contributed by atoms with E-state index in [-0.39, 0.29) is 11.9 Å². The highest BCUT2D eigenvalue weighted by molar-refractivity contribution is 5.94. The molecule has 7 nitrogen and oxygen atoms in total. The lowest BCUT2D eigenvalue weighted by Crippen LogP contribution is -2.48. The first-order valence-electron chi connectivity index (χ1n) is 12.8. The van der Waals surface area contributed by atoms with Gasteiger partial charge in [-0.25, -0.2) is 4.79 Å². The number of piperazine rings is 1. The molecule has 190 valence electrons. The van der Waals surface area contributed by atoms with Gasteiger partial charge in [-0.15, -0.1) is 0 Å². The number of hydrogen-bond donors (Lipinski definition) is 1. The molecule has 0 saturated carbocycles. The number of nitrogens with zero attached hydrogens (tertiary/aromatic N) is 3. The Morgan fingerprint density at radius 2 is 1.49 bits per heavy atom. The van der Waals surface area contributed by atoms with E-state index in [1.165, 1.54) is 20.0 Å². The minimum Gasteiger partial charge on any atom is -0.453 e. The van der Waals surface area contributed by atoms with E-state index in [0.717, 1.165) is 49.4 Å². The zero-order chi connectivity index (χ0) is 25.2. The average Bonchev–Trinajstić information content (AvgIpc) is 2.90. The van der Waals surface area contributed by atoms with Crippen LogP contribution in [0.3, 0.4) is 0 Å². The maximum atomic E-state index is 12.8. The Labute approximate surface area is 210 Å². The molecule has 0 radical (unpaired) electrons. The highest BCUT2D eigenvalue weighted by Crippen LogP contribution is 2.31. The van der Waals surface area contributed by atoms with Crippen LogP contribution in [0.2, 0.25) is 0 Å². The van der Waals surface area contributed by atoms with E-state index >= 15 is 0 Å². The molecule has 1 saturated heterocycles. The Bertz CT molecular complexity index is 934. The Morgan fingerprint density at radius 1 is 0.914 bits per heavy atom. The molecule has 1 heterocycles. The van der Waals surface area contributed by atoms with E-state index in [2.05, 4.69) is 46.3 Å². The van der Waals surface area contributed by atoms with E-state index in [0.29, 0.717) is 18.8 Å². The van der Waals surface area contributed by atoms with Crippen molar-refractivity contribution in [1.82, 2.24) is 14.7 Å². The summed E-state index contributed by atoms with van der Waals surface area (Å²) in [4.78, 5) is 31.3. The van der Waals surface area contributed by atoms with Crippen molar-refractivity contribution in [1.29, 1.82) is 0 Å². The van der Waals surface area contributed by atoms with Gasteiger partial charge in [-0.2, -0.15) is 0 Å². The second-order valence-electron chi connectivity index (χ2n) is 8.97. The number of ether oxygens (including phenoxy) is 1. The van der Waals surface area contributed by atoms with Crippen LogP contribution in [0.5, 0.6) is 0 Å². The van der Waals surface area contributed by atoms with Crippen molar-refractivity contribution in [2.24, 2.45) is 0 Å². The minimum absolute atomic E-state index is 0.0703. The van der Waals surface area contributed by atoms with Crippen molar-refractivity contribution in [2.75, 3.05) is 58.2 Å². The fourth-order valence-corrected chi connectivity index (χ4v) is 4.66. The molecular formula is C28H40N4O3. The smallest absolute Gasteiger partial charge is 0.411 e. The van der Waals surface area contributed by atoms with Crippen molar-refractivity contribution >= 4 is 17.7 Å². The van der Waals surface area contributed by atoms with Crippen LogP contribution in [-0.4, -0.2) is 79.6 Å². The molecule has 0 bridgehead atoms. The average molecular weight is 481 g/mol. The van der Waals surface area contributed by atoms with Gasteiger partial charge in [0.25, 0.3) is 5.91 Å². The van der Waals surface area contributed by atoms with E-state index in [1.54, 1.807) is 0 Å². The maximum Gasteiger partial charge on any atom is 0.411 e. The number of methoxy groups -OCH3 is 1. The number of benzene rings is 2. The summed E-state index contributed by atoms with van der Waals surface area (Å²) in [6.07, 6.45) is 1.97. The summed E-state index contributed by atoms with van der Waals surface area (Å²) >= 11 is 0. The number of nitrogens with one attached hydrogen (secondary N) is 1. The van der Waals surface area contributed by atoms with Crippen LogP contribution in [0.25, 0.3) is 0 Å². The molecule has 0 aliphatic carbocycles. The molecule has 2 amide bonds. The number of carbonyl (C=O) groups is 2. The predicted octanol–water partition coefficient (Wildman–Crippen LogP) is 4.85. The monoisotopic (exact) mass is 480 g/mol. The van der Waals surface area contributed by atoms with Gasteiger partial charge in [0.2, 0.25) is 0 Å². The van der Waals surface area contributed by atoms with Gasteiger partial charge < -0.3 is 14.5 Å². The SMILES string of the molecule is CCCCN1CCN([C@H](c2ccc(NC(=O)OC)cc2)c2ccc(C(=O)N(CC)CC)cc2)CC1. The quantitative estimate of drug-likeness (QED) is 0.526. The third kappa shape index (κ3) is 7.05. The van der Waals surface area contributed by atoms with E-state index in [4.69, 9.17) is 4.74 Å². The van der Waals surface area contributed by atoms with E-state index in [9.17, 15) is 9.59 Å². The largest absolute Gasteiger partial charge is 0.453 e. The van der Waals surface area contributed by atoms with Gasteiger partial charge >= 0.3 is 6.09 Å². The van der Waals surface area contributed by atoms with Crippen molar-refractivity contribution < 1.29 is 14.3 Å². The van der Waals surface area contributed by atoms with Crippen LogP contribution >= 0.6 is 0 Å². The number of anilines is 1. The highest BCUT2D eigenvalue weighted by Gasteiger charge is 2.27. The van der Waals surface area contributed by atoms with Crippen molar-refractivity contribution in [3.8, 4) is 0 Å². The van der Waals surface area contributed by atoms with Crippen molar-refractivity contribution in [2.45, 2.75) is 39.7 Å². The lowest BCUT2D eigenvalue weighted by molar-refractivity contribution is 0.0773. The summed E-state index contributed by atoms with van der Waals surface area (Å²) in [7, 11) is 1.36. The summed E-state index contributed by atoms with van der Waals surface area (Å²) in [5.74, 6) is 0.0703. The Kier molecular flexibility index (Phi) is 10.1. The van der Waals surface area contributed by atoms with E-state index in [1.807, 2.05) is 43.0 Å². The topological polar surface area (TPSA) is 65.1 Å². The molecule has 0 unspecified atom stereocenters. The normalized spacial score (nSPS) is 15.4. The first kappa shape index (κ1) is 26.7. The predicted molar refractivity (Wildman–Crippen MR) is 141 cm³/mol. The number of unbranched alkanes of at least 4 members (excludes halogenated alkanes) is 1. The molecule has 0 spiro atoms. The number of carbonyl (C=O) groups excluding carboxylic acids is 2. The highest BCUT2D eigenvalue weighted by atomic mass is 16.5. The summed E-state index contributed by atoms with van der Waals surface area (Å²) in [6.45, 7) is 12.9. The molecule has 1 atom stereocenters. The van der Waals surface area contributed by atoms with Gasteiger partial charge in [0, 0.05) is 50.5 Å². The summed E-state index contributed by atoms with van der Waals surface area (Å²) in [6, 6.07) is 16.1. The lowest BCUT2D eigenvalue weighted by Gasteiger charge is -2.40. The zero-order valence-corrected chi connectivity index (χ0v) is 21.6. The van der Waals surface area contributed by atoms with Gasteiger partial charge in [-0.1, -0.05) is 37.6 Å². The maximum absolute atomic E-state index is 12.8. The van der Waals surface area contributed by atoms with Gasteiger partial charge in [0.05, 0.1) is 13.2 Å². The van der Waals surface area contributed by atoms with Crippen molar-refractivity contribution in [3.63, 3.8) is 0 Å². The molecule has 35 heavy (non-hydrogen) atoms. The fourth-order valence-electron chi connectivity index (χ4n) is 4.66. The summed E-state index contributed by atoms with van der Waals surface area (Å²) in [5.41, 5.74) is 3.74. The molecule has 1 aliphatic rings. The number of hydrogen-bond acceptors (Lipinski definition) is 5. The molecule has 2 aromatic carbocycles. The van der Waals surface area contributed by atoms with Gasteiger partial charge in [0.15, 0.2) is 0 Å². The molecule has 2 aromatic rings. The molecular weight excluding hydrogens is 440 g/mol. The third-order valence-electron chi connectivity index (χ3n) is 6.78. The number of rotatable bonds is 10. The second-order valence-corrected chi connectivity index (χ2v) is 8.97. The fraction of sp³-hybridized carbons (Fsp3) is 0.500.